The van der Waals surface area contributed by atoms with Gasteiger partial charge in [-0.25, -0.2) is 0 Å². The molecule has 2 aliphatic rings. The normalized spacial score (nSPS) is 23.4. The Morgan fingerprint density at radius 3 is 2.95 bits per heavy atom. The molecule has 1 aliphatic heterocycles. The second kappa shape index (κ2) is 7.13. The number of hydrogen-bond acceptors (Lipinski definition) is 4. The maximum absolute atomic E-state index is 12.4. The molecule has 1 atom stereocenters. The summed E-state index contributed by atoms with van der Waals surface area (Å²) in [6, 6.07) is -0.533. The summed E-state index contributed by atoms with van der Waals surface area (Å²) in [4.78, 5) is 27.3. The van der Waals surface area contributed by atoms with Gasteiger partial charge in [0.25, 0.3) is 0 Å². The lowest BCUT2D eigenvalue weighted by Gasteiger charge is -2.33. The van der Waals surface area contributed by atoms with Crippen molar-refractivity contribution in [3.63, 3.8) is 0 Å². The maximum Gasteiger partial charge on any atom is 0.321 e. The first-order valence-corrected chi connectivity index (χ1v) is 8.33. The number of carboxylic acids is 1. The summed E-state index contributed by atoms with van der Waals surface area (Å²) >= 11 is 1.64. The highest BCUT2D eigenvalue weighted by Gasteiger charge is 2.31. The fraction of sp³-hybridized carbons (Fsp3) is 0.714. The maximum atomic E-state index is 12.4. The van der Waals surface area contributed by atoms with E-state index in [1.54, 1.807) is 16.7 Å². The number of likely N-dealkylation sites (N-methyl/N-ethyl adjacent to an activating group) is 1. The molecule has 112 valence electrons. The predicted molar refractivity (Wildman–Crippen MR) is 79.6 cm³/mol. The molecular formula is C14H22N2O3S. The van der Waals surface area contributed by atoms with Crippen LogP contribution in [0.3, 0.4) is 0 Å². The summed E-state index contributed by atoms with van der Waals surface area (Å²) in [5, 5.41) is 9.24. The Labute approximate surface area is 124 Å². The molecule has 1 N–H and O–H groups in total. The van der Waals surface area contributed by atoms with E-state index in [9.17, 15) is 14.7 Å². The topological polar surface area (TPSA) is 60.9 Å². The third-order valence-corrected chi connectivity index (χ3v) is 4.87. The zero-order chi connectivity index (χ0) is 14.5. The van der Waals surface area contributed by atoms with Crippen LogP contribution >= 0.6 is 11.8 Å². The number of carbonyl (C=O) groups is 2. The van der Waals surface area contributed by atoms with Crippen molar-refractivity contribution in [2.45, 2.75) is 32.2 Å². The van der Waals surface area contributed by atoms with Crippen molar-refractivity contribution in [3.8, 4) is 0 Å². The van der Waals surface area contributed by atoms with Crippen molar-refractivity contribution in [3.05, 3.63) is 11.8 Å². The van der Waals surface area contributed by atoms with Crippen LogP contribution in [0.25, 0.3) is 0 Å². The van der Waals surface area contributed by atoms with Gasteiger partial charge in [0.2, 0.25) is 5.91 Å². The van der Waals surface area contributed by atoms with Gasteiger partial charge in [-0.3, -0.25) is 14.5 Å². The van der Waals surface area contributed by atoms with Gasteiger partial charge >= 0.3 is 5.97 Å². The van der Waals surface area contributed by atoms with E-state index in [2.05, 4.69) is 6.08 Å². The number of aliphatic carboxylic acids is 1. The van der Waals surface area contributed by atoms with Gasteiger partial charge in [0.05, 0.1) is 6.54 Å². The molecule has 1 fully saturated rings. The summed E-state index contributed by atoms with van der Waals surface area (Å²) in [5.41, 5.74) is 1.11. The van der Waals surface area contributed by atoms with Crippen LogP contribution in [0.5, 0.6) is 0 Å². The fourth-order valence-corrected chi connectivity index (χ4v) is 3.86. The number of carbonyl (C=O) groups excluding carboxylic acids is 1. The number of thioether (sulfide) groups is 1. The molecule has 5 nitrogen and oxygen atoms in total. The lowest BCUT2D eigenvalue weighted by molar-refractivity contribution is -0.143. The van der Waals surface area contributed by atoms with E-state index in [0.717, 1.165) is 30.7 Å². The Kier molecular flexibility index (Phi) is 5.48. The lowest BCUT2D eigenvalue weighted by atomic mass is 10.2. The first-order chi connectivity index (χ1) is 9.63. The average molecular weight is 298 g/mol. The van der Waals surface area contributed by atoms with E-state index in [4.69, 9.17) is 0 Å². The van der Waals surface area contributed by atoms with Crippen LogP contribution in [-0.4, -0.2) is 64.0 Å². The molecular weight excluding hydrogens is 276 g/mol. The van der Waals surface area contributed by atoms with Crippen molar-refractivity contribution in [1.29, 1.82) is 0 Å². The predicted octanol–water partition coefficient (Wildman–Crippen LogP) is 1.40. The summed E-state index contributed by atoms with van der Waals surface area (Å²) in [6.07, 6.45) is 5.23. The van der Waals surface area contributed by atoms with Crippen molar-refractivity contribution in [2.75, 3.05) is 31.1 Å². The first-order valence-electron chi connectivity index (χ1n) is 7.17. The molecule has 1 heterocycles. The van der Waals surface area contributed by atoms with E-state index in [1.165, 1.54) is 0 Å². The fourth-order valence-electron chi connectivity index (χ4n) is 2.75. The second-order valence-electron chi connectivity index (χ2n) is 5.13. The molecule has 2 rings (SSSR count). The smallest absolute Gasteiger partial charge is 0.321 e. The minimum Gasteiger partial charge on any atom is -0.480 e. The number of hydrogen-bond donors (Lipinski definition) is 1. The molecule has 20 heavy (non-hydrogen) atoms. The molecule has 6 heteroatoms. The standard InChI is InChI=1S/C14H22N2O3S/c1-2-16(11-5-3-4-6-11)13(17)9-15-7-8-20-10-12(15)14(18)19/h5,12H,2-4,6-10H2,1H3,(H,18,19). The molecule has 1 saturated heterocycles. The molecule has 0 aromatic carbocycles. The minimum absolute atomic E-state index is 0.0267. The molecule has 1 unspecified atom stereocenters. The van der Waals surface area contributed by atoms with Crippen LogP contribution in [0.1, 0.15) is 26.2 Å². The second-order valence-corrected chi connectivity index (χ2v) is 6.27. The molecule has 1 aliphatic carbocycles. The Morgan fingerprint density at radius 2 is 2.35 bits per heavy atom. The third-order valence-electron chi connectivity index (χ3n) is 3.84. The summed E-state index contributed by atoms with van der Waals surface area (Å²) in [6.45, 7) is 3.51. The Morgan fingerprint density at radius 1 is 1.55 bits per heavy atom. The van der Waals surface area contributed by atoms with Gasteiger partial charge in [-0.2, -0.15) is 11.8 Å². The summed E-state index contributed by atoms with van der Waals surface area (Å²) in [7, 11) is 0. The zero-order valence-electron chi connectivity index (χ0n) is 11.9. The van der Waals surface area contributed by atoms with Crippen molar-refractivity contribution in [2.24, 2.45) is 0 Å². The van der Waals surface area contributed by atoms with Crippen LogP contribution < -0.4 is 0 Å². The quantitative estimate of drug-likeness (QED) is 0.831. The lowest BCUT2D eigenvalue weighted by Crippen LogP contribution is -2.51. The monoisotopic (exact) mass is 298 g/mol. The molecule has 0 saturated carbocycles. The minimum atomic E-state index is -0.826. The summed E-state index contributed by atoms with van der Waals surface area (Å²) < 4.78 is 0. The SMILES string of the molecule is CCN(C(=O)CN1CCSCC1C(=O)O)C1=CCCC1. The van der Waals surface area contributed by atoms with Crippen LogP contribution in [0.4, 0.5) is 0 Å². The molecule has 0 spiro atoms. The van der Waals surface area contributed by atoms with E-state index < -0.39 is 12.0 Å². The van der Waals surface area contributed by atoms with E-state index >= 15 is 0 Å². The van der Waals surface area contributed by atoms with E-state index in [0.29, 0.717) is 18.8 Å². The molecule has 0 bridgehead atoms. The van der Waals surface area contributed by atoms with Gasteiger partial charge in [-0.05, 0) is 26.2 Å². The highest BCUT2D eigenvalue weighted by atomic mass is 32.2. The van der Waals surface area contributed by atoms with Crippen LogP contribution in [0.2, 0.25) is 0 Å². The summed E-state index contributed by atoms with van der Waals surface area (Å²) in [5.74, 6) is 0.662. The van der Waals surface area contributed by atoms with Gasteiger partial charge in [0, 0.05) is 30.3 Å². The van der Waals surface area contributed by atoms with Gasteiger partial charge in [0.15, 0.2) is 0 Å². The van der Waals surface area contributed by atoms with Gasteiger partial charge < -0.3 is 10.0 Å². The zero-order valence-corrected chi connectivity index (χ0v) is 12.7. The highest BCUT2D eigenvalue weighted by Crippen LogP contribution is 2.22. The van der Waals surface area contributed by atoms with E-state index in [1.807, 2.05) is 11.8 Å². The molecule has 0 aromatic rings. The average Bonchev–Trinajstić information content (AvgIpc) is 2.94. The Hall–Kier alpha value is -1.01. The van der Waals surface area contributed by atoms with Gasteiger partial charge in [-0.15, -0.1) is 0 Å². The molecule has 0 aromatic heterocycles. The van der Waals surface area contributed by atoms with Crippen molar-refractivity contribution < 1.29 is 14.7 Å². The van der Waals surface area contributed by atoms with E-state index in [-0.39, 0.29) is 12.5 Å². The number of amides is 1. The van der Waals surface area contributed by atoms with Crippen molar-refractivity contribution >= 4 is 23.6 Å². The largest absolute Gasteiger partial charge is 0.480 e. The van der Waals surface area contributed by atoms with Crippen LogP contribution in [0, 0.1) is 0 Å². The Balaban J connectivity index is 1.99. The van der Waals surface area contributed by atoms with Crippen LogP contribution in [0.15, 0.2) is 11.8 Å². The van der Waals surface area contributed by atoms with Crippen molar-refractivity contribution in [1.82, 2.24) is 9.80 Å². The van der Waals surface area contributed by atoms with Gasteiger partial charge in [-0.1, -0.05) is 6.08 Å². The number of nitrogens with zero attached hydrogens (tertiary/aromatic N) is 2. The molecule has 1 amide bonds. The van der Waals surface area contributed by atoms with Gasteiger partial charge in [0.1, 0.15) is 6.04 Å². The number of allylic oxidation sites excluding steroid dienone is 2. The number of rotatable bonds is 5. The van der Waals surface area contributed by atoms with Crippen LogP contribution in [-0.2, 0) is 9.59 Å². The molecule has 0 radical (unpaired) electrons. The third kappa shape index (κ3) is 3.55. The number of carboxylic acid groups (broad SMARTS) is 1. The Bertz CT molecular complexity index is 411. The highest BCUT2D eigenvalue weighted by molar-refractivity contribution is 7.99. The first kappa shape index (κ1) is 15.4.